The Morgan fingerprint density at radius 3 is 2.57 bits per heavy atom. The zero-order chi connectivity index (χ0) is 27.2. The number of amides is 5. The van der Waals surface area contributed by atoms with E-state index in [0.29, 0.717) is 4.34 Å². The lowest BCUT2D eigenvalue weighted by Crippen LogP contribution is -2.53. The number of hydrogen-bond acceptors (Lipinski definition) is 6. The second kappa shape index (κ2) is 12.3. The molecular weight excluding hydrogens is 539 g/mol. The molecule has 0 bridgehead atoms. The van der Waals surface area contributed by atoms with Gasteiger partial charge in [-0.25, -0.2) is 4.79 Å². The van der Waals surface area contributed by atoms with Crippen LogP contribution in [0.1, 0.15) is 22.2 Å². The van der Waals surface area contributed by atoms with Crippen molar-refractivity contribution in [3.8, 4) is 0 Å². The first-order chi connectivity index (χ1) is 17.5. The third kappa shape index (κ3) is 7.57. The molecule has 1 fully saturated rings. The number of anilines is 2. The van der Waals surface area contributed by atoms with Crippen molar-refractivity contribution in [3.63, 3.8) is 0 Å². The molecule has 1 aromatic carbocycles. The van der Waals surface area contributed by atoms with E-state index in [2.05, 4.69) is 21.3 Å². The number of carbonyl (C=O) groups is 4. The van der Waals surface area contributed by atoms with Crippen LogP contribution in [0.15, 0.2) is 30.3 Å². The summed E-state index contributed by atoms with van der Waals surface area (Å²) in [6, 6.07) is 3.83. The number of alkyl halides is 3. The van der Waals surface area contributed by atoms with Crippen LogP contribution in [0.3, 0.4) is 0 Å². The number of benzene rings is 1. The van der Waals surface area contributed by atoms with Crippen LogP contribution in [-0.4, -0.2) is 62.6 Å². The fourth-order valence-corrected chi connectivity index (χ4v) is 4.31. The van der Waals surface area contributed by atoms with Gasteiger partial charge in [0.25, 0.3) is 11.8 Å². The molecule has 3 rings (SSSR count). The van der Waals surface area contributed by atoms with Crippen molar-refractivity contribution in [1.82, 2.24) is 16.0 Å². The first-order valence-electron chi connectivity index (χ1n) is 11.0. The first-order valence-corrected chi connectivity index (χ1v) is 12.2. The van der Waals surface area contributed by atoms with Gasteiger partial charge in [-0.2, -0.15) is 13.2 Å². The normalized spacial score (nSPS) is 14.6. The van der Waals surface area contributed by atoms with E-state index in [0.717, 1.165) is 28.4 Å². The molecule has 37 heavy (non-hydrogen) atoms. The maximum atomic E-state index is 13.9. The minimum Gasteiger partial charge on any atom is -0.370 e. The number of urea groups is 1. The summed E-state index contributed by atoms with van der Waals surface area (Å²) in [6.07, 6.45) is -4.87. The van der Waals surface area contributed by atoms with E-state index in [1.807, 2.05) is 0 Å². The highest BCUT2D eigenvalue weighted by Gasteiger charge is 2.36. The van der Waals surface area contributed by atoms with Gasteiger partial charge in [-0.1, -0.05) is 11.6 Å². The molecule has 0 aliphatic carbocycles. The van der Waals surface area contributed by atoms with Crippen LogP contribution in [0.2, 0.25) is 4.34 Å². The van der Waals surface area contributed by atoms with E-state index in [1.165, 1.54) is 18.2 Å². The molecule has 1 aliphatic heterocycles. The molecule has 2 heterocycles. The fourth-order valence-electron chi connectivity index (χ4n) is 3.35. The van der Waals surface area contributed by atoms with Crippen molar-refractivity contribution >= 4 is 58.1 Å². The molecule has 10 nitrogen and oxygen atoms in total. The minimum absolute atomic E-state index is 0.00232. The lowest BCUT2D eigenvalue weighted by Gasteiger charge is -2.28. The number of ether oxygens (including phenoxy) is 1. The number of nitrogens with zero attached hydrogens (tertiary/aromatic N) is 1. The van der Waals surface area contributed by atoms with Crippen LogP contribution in [0.5, 0.6) is 0 Å². The van der Waals surface area contributed by atoms with E-state index in [1.54, 1.807) is 6.92 Å². The standard InChI is InChI=1S/C22H23ClF3N5O5S/c1-2-27-21(35)30-15(10-28-20(34)16-5-6-17(23)37-16)19(33)29-14-4-3-12(9-13(14)22(24,25)26)31-7-8-36-11-18(31)32/h3-6,9,15H,2,7-8,10-11H2,1H3,(H,28,34)(H,29,33)(H2,27,30,35)/t15-/m1/s1. The number of thiophene rings is 1. The Morgan fingerprint density at radius 2 is 1.95 bits per heavy atom. The monoisotopic (exact) mass is 561 g/mol. The van der Waals surface area contributed by atoms with E-state index >= 15 is 0 Å². The molecule has 0 spiro atoms. The lowest BCUT2D eigenvalue weighted by atomic mass is 10.1. The third-order valence-corrected chi connectivity index (χ3v) is 6.32. The topological polar surface area (TPSA) is 129 Å². The molecule has 1 saturated heterocycles. The number of nitrogens with one attached hydrogen (secondary N) is 4. The summed E-state index contributed by atoms with van der Waals surface area (Å²) < 4.78 is 47.0. The molecule has 4 N–H and O–H groups in total. The SMILES string of the molecule is CCNC(=O)N[C@H](CNC(=O)c1ccc(Cl)s1)C(=O)Nc1ccc(N2CCOCC2=O)cc1C(F)(F)F. The van der Waals surface area contributed by atoms with Crippen LogP contribution in [0, 0.1) is 0 Å². The maximum absolute atomic E-state index is 13.9. The van der Waals surface area contributed by atoms with Gasteiger partial charge < -0.3 is 30.9 Å². The van der Waals surface area contributed by atoms with E-state index in [4.69, 9.17) is 16.3 Å². The van der Waals surface area contributed by atoms with Gasteiger partial charge in [-0.05, 0) is 37.3 Å². The van der Waals surface area contributed by atoms with Crippen LogP contribution in [0.25, 0.3) is 0 Å². The average molecular weight is 562 g/mol. The number of hydrogen-bond donors (Lipinski definition) is 4. The summed E-state index contributed by atoms with van der Waals surface area (Å²) in [5, 5.41) is 9.38. The highest BCUT2D eigenvalue weighted by Crippen LogP contribution is 2.37. The van der Waals surface area contributed by atoms with Gasteiger partial charge in [-0.15, -0.1) is 11.3 Å². The molecule has 15 heteroatoms. The first kappa shape index (κ1) is 28.2. The maximum Gasteiger partial charge on any atom is 0.418 e. The van der Waals surface area contributed by atoms with Gasteiger partial charge >= 0.3 is 12.2 Å². The molecular formula is C22H23ClF3N5O5S. The summed E-state index contributed by atoms with van der Waals surface area (Å²) in [5.74, 6) is -2.08. The fraction of sp³-hybridized carbons (Fsp3) is 0.364. The van der Waals surface area contributed by atoms with Gasteiger partial charge in [0.15, 0.2) is 0 Å². The van der Waals surface area contributed by atoms with E-state index in [9.17, 15) is 32.3 Å². The number of morpholine rings is 1. The summed E-state index contributed by atoms with van der Waals surface area (Å²) in [5.41, 5.74) is -1.77. The summed E-state index contributed by atoms with van der Waals surface area (Å²) in [6.45, 7) is 1.43. The highest BCUT2D eigenvalue weighted by atomic mass is 35.5. The zero-order valence-electron chi connectivity index (χ0n) is 19.4. The number of carbonyl (C=O) groups excluding carboxylic acids is 4. The van der Waals surface area contributed by atoms with Crippen molar-refractivity contribution in [2.75, 3.05) is 43.1 Å². The van der Waals surface area contributed by atoms with Gasteiger partial charge in [0.1, 0.15) is 12.6 Å². The summed E-state index contributed by atoms with van der Waals surface area (Å²) >= 11 is 6.81. The Hall–Kier alpha value is -3.36. The Kier molecular flexibility index (Phi) is 9.34. The Morgan fingerprint density at radius 1 is 1.19 bits per heavy atom. The second-order valence-electron chi connectivity index (χ2n) is 7.69. The molecule has 200 valence electrons. The molecule has 2 aromatic rings. The molecule has 0 radical (unpaired) electrons. The average Bonchev–Trinajstić information content (AvgIpc) is 3.28. The predicted octanol–water partition coefficient (Wildman–Crippen LogP) is 2.84. The van der Waals surface area contributed by atoms with Crippen molar-refractivity contribution < 1.29 is 37.1 Å². The summed E-state index contributed by atoms with van der Waals surface area (Å²) in [7, 11) is 0. The Labute approximate surface area is 218 Å². The van der Waals surface area contributed by atoms with Gasteiger partial charge in [0.2, 0.25) is 5.91 Å². The van der Waals surface area contributed by atoms with Crippen LogP contribution in [0.4, 0.5) is 29.3 Å². The summed E-state index contributed by atoms with van der Waals surface area (Å²) in [4.78, 5) is 50.8. The van der Waals surface area contributed by atoms with Crippen molar-refractivity contribution in [1.29, 1.82) is 0 Å². The largest absolute Gasteiger partial charge is 0.418 e. The van der Waals surface area contributed by atoms with Crippen molar-refractivity contribution in [2.45, 2.75) is 19.1 Å². The van der Waals surface area contributed by atoms with Crippen LogP contribution < -0.4 is 26.2 Å². The predicted molar refractivity (Wildman–Crippen MR) is 131 cm³/mol. The Bertz CT molecular complexity index is 1180. The number of rotatable bonds is 8. The number of halogens is 4. The quantitative estimate of drug-likeness (QED) is 0.394. The van der Waals surface area contributed by atoms with Crippen LogP contribution in [-0.2, 0) is 20.5 Å². The van der Waals surface area contributed by atoms with Crippen molar-refractivity contribution in [3.05, 3.63) is 45.1 Å². The highest BCUT2D eigenvalue weighted by molar-refractivity contribution is 7.18. The van der Waals surface area contributed by atoms with Gasteiger partial charge in [0.05, 0.1) is 27.1 Å². The molecule has 0 unspecified atom stereocenters. The molecule has 5 amide bonds. The smallest absolute Gasteiger partial charge is 0.370 e. The lowest BCUT2D eigenvalue weighted by molar-refractivity contribution is -0.137. The Balaban J connectivity index is 1.81. The van der Waals surface area contributed by atoms with Gasteiger partial charge in [-0.3, -0.25) is 14.4 Å². The van der Waals surface area contributed by atoms with E-state index in [-0.39, 0.29) is 36.9 Å². The zero-order valence-corrected chi connectivity index (χ0v) is 21.0. The second-order valence-corrected chi connectivity index (χ2v) is 9.40. The van der Waals surface area contributed by atoms with Gasteiger partial charge in [0, 0.05) is 25.3 Å². The van der Waals surface area contributed by atoms with Crippen molar-refractivity contribution in [2.24, 2.45) is 0 Å². The van der Waals surface area contributed by atoms with E-state index < -0.39 is 53.8 Å². The minimum atomic E-state index is -4.87. The molecule has 0 saturated carbocycles. The molecule has 1 aromatic heterocycles. The molecule has 1 aliphatic rings. The molecule has 1 atom stereocenters. The third-order valence-electron chi connectivity index (χ3n) is 5.09. The van der Waals surface area contributed by atoms with Crippen LogP contribution >= 0.6 is 22.9 Å².